The van der Waals surface area contributed by atoms with Crippen LogP contribution in [-0.4, -0.2) is 48.2 Å². The van der Waals surface area contributed by atoms with Crippen LogP contribution in [0.2, 0.25) is 0 Å². The van der Waals surface area contributed by atoms with Crippen LogP contribution in [0.25, 0.3) is 11.0 Å². The van der Waals surface area contributed by atoms with Gasteiger partial charge >= 0.3 is 0 Å². The summed E-state index contributed by atoms with van der Waals surface area (Å²) in [5, 5.41) is 3.42. The van der Waals surface area contributed by atoms with Gasteiger partial charge in [0.2, 0.25) is 0 Å². The number of imidazole rings is 1. The smallest absolute Gasteiger partial charge is 0.111 e. The van der Waals surface area contributed by atoms with Crippen molar-refractivity contribution in [3.8, 4) is 0 Å². The number of aryl methyl sites for hydroxylation is 1. The van der Waals surface area contributed by atoms with E-state index in [0.29, 0.717) is 6.04 Å². The van der Waals surface area contributed by atoms with Gasteiger partial charge in [-0.25, -0.2) is 4.98 Å². The van der Waals surface area contributed by atoms with Crippen LogP contribution in [0.4, 0.5) is 0 Å². The summed E-state index contributed by atoms with van der Waals surface area (Å²) < 4.78 is 2.33. The summed E-state index contributed by atoms with van der Waals surface area (Å²) in [5.41, 5.74) is 2.35. The molecule has 1 atom stereocenters. The summed E-state index contributed by atoms with van der Waals surface area (Å²) in [4.78, 5) is 7.04. The minimum absolute atomic E-state index is 0.472. The molecule has 1 heterocycles. The van der Waals surface area contributed by atoms with Gasteiger partial charge in [-0.2, -0.15) is 0 Å². The second kappa shape index (κ2) is 6.86. The number of para-hydroxylation sites is 2. The summed E-state index contributed by atoms with van der Waals surface area (Å²) >= 11 is 0. The van der Waals surface area contributed by atoms with Crippen LogP contribution < -0.4 is 5.32 Å². The molecular formula is C16H26N4. The van der Waals surface area contributed by atoms with Crippen molar-refractivity contribution in [3.63, 3.8) is 0 Å². The zero-order valence-corrected chi connectivity index (χ0v) is 13.1. The normalized spacial score (nSPS) is 13.2. The Labute approximate surface area is 121 Å². The van der Waals surface area contributed by atoms with Crippen LogP contribution in [0.3, 0.4) is 0 Å². The lowest BCUT2D eigenvalue weighted by Gasteiger charge is -2.19. The first-order valence-corrected chi connectivity index (χ1v) is 7.41. The Bertz CT molecular complexity index is 544. The fourth-order valence-corrected chi connectivity index (χ4v) is 2.62. The number of benzene rings is 1. The minimum Gasteiger partial charge on any atom is -0.328 e. The third-order valence-electron chi connectivity index (χ3n) is 3.81. The van der Waals surface area contributed by atoms with Gasteiger partial charge in [0.05, 0.1) is 11.0 Å². The van der Waals surface area contributed by atoms with Crippen LogP contribution >= 0.6 is 0 Å². The molecule has 1 N–H and O–H groups in total. The Morgan fingerprint density at radius 3 is 2.70 bits per heavy atom. The largest absolute Gasteiger partial charge is 0.328 e. The molecule has 1 aromatic heterocycles. The molecule has 0 amide bonds. The average molecular weight is 274 g/mol. The van der Waals surface area contributed by atoms with E-state index in [2.05, 4.69) is 60.1 Å². The zero-order chi connectivity index (χ0) is 14.5. The Kier molecular flexibility index (Phi) is 5.15. The molecule has 0 saturated heterocycles. The monoisotopic (exact) mass is 274 g/mol. The third kappa shape index (κ3) is 3.38. The molecule has 4 heteroatoms. The topological polar surface area (TPSA) is 33.1 Å². The summed E-state index contributed by atoms with van der Waals surface area (Å²) in [6, 6.07) is 8.87. The molecule has 0 aliphatic heterocycles. The van der Waals surface area contributed by atoms with Crippen LogP contribution in [0.5, 0.6) is 0 Å². The first-order valence-electron chi connectivity index (χ1n) is 7.41. The van der Waals surface area contributed by atoms with Crippen LogP contribution in [0.1, 0.15) is 19.2 Å². The number of likely N-dealkylation sites (N-methyl/N-ethyl adjacent to an activating group) is 1. The van der Waals surface area contributed by atoms with Crippen molar-refractivity contribution >= 4 is 11.0 Å². The molecule has 1 unspecified atom stereocenters. The minimum atomic E-state index is 0.472. The maximum absolute atomic E-state index is 4.81. The van der Waals surface area contributed by atoms with E-state index in [4.69, 9.17) is 4.98 Å². The summed E-state index contributed by atoms with van der Waals surface area (Å²) in [6.45, 7) is 4.25. The molecule has 0 bridgehead atoms. The van der Waals surface area contributed by atoms with Gasteiger partial charge in [0.15, 0.2) is 0 Å². The van der Waals surface area contributed by atoms with Gasteiger partial charge in [0.25, 0.3) is 0 Å². The van der Waals surface area contributed by atoms with Crippen LogP contribution in [-0.2, 0) is 13.0 Å². The van der Waals surface area contributed by atoms with E-state index in [9.17, 15) is 0 Å². The molecule has 1 aromatic carbocycles. The Hall–Kier alpha value is -1.39. The molecule has 0 aliphatic carbocycles. The van der Waals surface area contributed by atoms with Gasteiger partial charge in [0, 0.05) is 19.0 Å². The lowest BCUT2D eigenvalue weighted by Crippen LogP contribution is -2.32. The highest BCUT2D eigenvalue weighted by atomic mass is 15.1. The van der Waals surface area contributed by atoms with Crippen molar-refractivity contribution in [2.24, 2.45) is 0 Å². The van der Waals surface area contributed by atoms with Gasteiger partial charge in [-0.3, -0.25) is 0 Å². The fraction of sp³-hybridized carbons (Fsp3) is 0.562. The zero-order valence-electron chi connectivity index (χ0n) is 13.1. The second-order valence-electron chi connectivity index (χ2n) is 5.54. The summed E-state index contributed by atoms with van der Waals surface area (Å²) in [5.74, 6) is 1.19. The fourth-order valence-electron chi connectivity index (χ4n) is 2.62. The molecule has 2 aromatic rings. The van der Waals surface area contributed by atoms with E-state index < -0.39 is 0 Å². The average Bonchev–Trinajstić information content (AvgIpc) is 2.80. The Morgan fingerprint density at radius 2 is 2.05 bits per heavy atom. The molecule has 0 saturated carbocycles. The maximum Gasteiger partial charge on any atom is 0.111 e. The SMILES string of the molecule is CCn1c(CC(CCN(C)C)NC)nc2ccccc21. The van der Waals surface area contributed by atoms with Crippen molar-refractivity contribution < 1.29 is 0 Å². The number of nitrogens with one attached hydrogen (secondary N) is 1. The summed E-state index contributed by atoms with van der Waals surface area (Å²) in [7, 11) is 6.28. The molecule has 0 aliphatic rings. The van der Waals surface area contributed by atoms with Crippen molar-refractivity contribution in [1.29, 1.82) is 0 Å². The van der Waals surface area contributed by atoms with Crippen molar-refractivity contribution in [2.45, 2.75) is 32.4 Å². The van der Waals surface area contributed by atoms with Gasteiger partial charge in [-0.15, -0.1) is 0 Å². The predicted octanol–water partition coefficient (Wildman–Crippen LogP) is 2.14. The van der Waals surface area contributed by atoms with Crippen LogP contribution in [0.15, 0.2) is 24.3 Å². The highest BCUT2D eigenvalue weighted by Gasteiger charge is 2.14. The summed E-state index contributed by atoms with van der Waals surface area (Å²) in [6.07, 6.45) is 2.11. The molecular weight excluding hydrogens is 248 g/mol. The first-order chi connectivity index (χ1) is 9.65. The molecule has 0 radical (unpaired) electrons. The van der Waals surface area contributed by atoms with E-state index >= 15 is 0 Å². The Morgan fingerprint density at radius 1 is 1.30 bits per heavy atom. The number of aromatic nitrogens is 2. The highest BCUT2D eigenvalue weighted by molar-refractivity contribution is 5.75. The predicted molar refractivity (Wildman–Crippen MR) is 85.1 cm³/mol. The number of hydrogen-bond donors (Lipinski definition) is 1. The maximum atomic E-state index is 4.81. The molecule has 20 heavy (non-hydrogen) atoms. The lowest BCUT2D eigenvalue weighted by molar-refractivity contribution is 0.361. The quantitative estimate of drug-likeness (QED) is 0.840. The van der Waals surface area contributed by atoms with Crippen molar-refractivity contribution in [2.75, 3.05) is 27.7 Å². The molecule has 0 spiro atoms. The molecule has 0 fully saturated rings. The van der Waals surface area contributed by atoms with Gasteiger partial charge in [-0.1, -0.05) is 12.1 Å². The van der Waals surface area contributed by atoms with E-state index in [1.54, 1.807) is 0 Å². The second-order valence-corrected chi connectivity index (χ2v) is 5.54. The third-order valence-corrected chi connectivity index (χ3v) is 3.81. The van der Waals surface area contributed by atoms with E-state index in [1.807, 2.05) is 7.05 Å². The molecule has 110 valence electrons. The molecule has 2 rings (SSSR count). The highest BCUT2D eigenvalue weighted by Crippen LogP contribution is 2.17. The van der Waals surface area contributed by atoms with Gasteiger partial charge in [-0.05, 0) is 53.2 Å². The Balaban J connectivity index is 2.19. The number of fused-ring (bicyclic) bond motifs is 1. The number of hydrogen-bond acceptors (Lipinski definition) is 3. The van der Waals surface area contributed by atoms with Crippen molar-refractivity contribution in [3.05, 3.63) is 30.1 Å². The van der Waals surface area contributed by atoms with Crippen molar-refractivity contribution in [1.82, 2.24) is 19.8 Å². The first kappa shape index (κ1) is 15.0. The van der Waals surface area contributed by atoms with E-state index in [1.165, 1.54) is 11.3 Å². The van der Waals surface area contributed by atoms with E-state index in [0.717, 1.165) is 31.4 Å². The standard InChI is InChI=1S/C16H26N4/c1-5-20-15-9-7-6-8-14(15)18-16(20)12-13(17-2)10-11-19(3)4/h6-9,13,17H,5,10-12H2,1-4H3. The van der Waals surface area contributed by atoms with Gasteiger partial charge < -0.3 is 14.8 Å². The lowest BCUT2D eigenvalue weighted by atomic mass is 10.1. The number of rotatable bonds is 7. The molecule has 4 nitrogen and oxygen atoms in total. The number of nitrogens with zero attached hydrogens (tertiary/aromatic N) is 3. The van der Waals surface area contributed by atoms with Crippen LogP contribution in [0, 0.1) is 0 Å². The van der Waals surface area contributed by atoms with E-state index in [-0.39, 0.29) is 0 Å². The van der Waals surface area contributed by atoms with Gasteiger partial charge in [0.1, 0.15) is 5.82 Å².